The Hall–Kier alpha value is -1.87. The standard InChI is InChI=1S/C18H24O12/c19-5-10-11(22)12(23)13(24)18(29-10,15-14(25)17(27,6-20)7-28-15)30-16(26)8-1-3-9(21)4-2-8/h1-4,10-15,19-25,27H,5-7H2/t10-,11-,12+,13-,14+,15?,17?,18?/m1/s1. The van der Waals surface area contributed by atoms with E-state index >= 15 is 0 Å². The number of aliphatic hydroxyl groups excluding tert-OH is 6. The van der Waals surface area contributed by atoms with Gasteiger partial charge < -0.3 is 55.1 Å². The maximum absolute atomic E-state index is 12.7. The van der Waals surface area contributed by atoms with E-state index in [1.54, 1.807) is 0 Å². The number of phenolic OH excluding ortho intramolecular Hbond substituents is 1. The third-order valence-electron chi connectivity index (χ3n) is 5.36. The number of carbonyl (C=O) groups is 1. The summed E-state index contributed by atoms with van der Waals surface area (Å²) >= 11 is 0. The van der Waals surface area contributed by atoms with Crippen LogP contribution in [0.5, 0.6) is 5.75 Å². The van der Waals surface area contributed by atoms with Crippen LogP contribution in [0.1, 0.15) is 10.4 Å². The van der Waals surface area contributed by atoms with Crippen LogP contribution in [0, 0.1) is 0 Å². The molecule has 0 amide bonds. The highest BCUT2D eigenvalue weighted by molar-refractivity contribution is 5.89. The molecule has 0 aliphatic carbocycles. The molecule has 3 rings (SSSR count). The van der Waals surface area contributed by atoms with Gasteiger partial charge in [-0.1, -0.05) is 0 Å². The van der Waals surface area contributed by atoms with E-state index in [4.69, 9.17) is 14.2 Å². The van der Waals surface area contributed by atoms with E-state index in [1.807, 2.05) is 0 Å². The fourth-order valence-electron chi connectivity index (χ4n) is 3.51. The molecular formula is C18H24O12. The summed E-state index contributed by atoms with van der Waals surface area (Å²) in [6.07, 6.45) is -11.3. The lowest BCUT2D eigenvalue weighted by atomic mass is 9.84. The highest BCUT2D eigenvalue weighted by Crippen LogP contribution is 2.42. The largest absolute Gasteiger partial charge is 0.508 e. The Kier molecular flexibility index (Phi) is 6.34. The van der Waals surface area contributed by atoms with Crippen LogP contribution in [0.4, 0.5) is 0 Å². The van der Waals surface area contributed by atoms with Crippen molar-refractivity contribution in [2.24, 2.45) is 0 Å². The van der Waals surface area contributed by atoms with Crippen molar-refractivity contribution in [3.8, 4) is 5.75 Å². The molecule has 0 radical (unpaired) electrons. The van der Waals surface area contributed by atoms with Crippen LogP contribution in [0.3, 0.4) is 0 Å². The Morgan fingerprint density at radius 1 is 1.07 bits per heavy atom. The van der Waals surface area contributed by atoms with Crippen LogP contribution in [0.25, 0.3) is 0 Å². The van der Waals surface area contributed by atoms with Crippen molar-refractivity contribution in [1.82, 2.24) is 0 Å². The van der Waals surface area contributed by atoms with Gasteiger partial charge in [-0.2, -0.15) is 0 Å². The predicted octanol–water partition coefficient (Wildman–Crippen LogP) is -3.80. The quantitative estimate of drug-likeness (QED) is 0.211. The number of benzene rings is 1. The van der Waals surface area contributed by atoms with Gasteiger partial charge in [0.1, 0.15) is 35.8 Å². The van der Waals surface area contributed by atoms with Crippen LogP contribution >= 0.6 is 0 Å². The summed E-state index contributed by atoms with van der Waals surface area (Å²) in [5, 5.41) is 80.0. The maximum atomic E-state index is 12.7. The van der Waals surface area contributed by atoms with Gasteiger partial charge in [0.15, 0.2) is 12.2 Å². The molecular weight excluding hydrogens is 408 g/mol. The molecule has 8 N–H and O–H groups in total. The molecule has 2 heterocycles. The van der Waals surface area contributed by atoms with Gasteiger partial charge >= 0.3 is 5.97 Å². The Morgan fingerprint density at radius 2 is 1.70 bits per heavy atom. The van der Waals surface area contributed by atoms with E-state index in [9.17, 15) is 45.6 Å². The maximum Gasteiger partial charge on any atom is 0.340 e. The number of aliphatic hydroxyl groups is 7. The minimum Gasteiger partial charge on any atom is -0.508 e. The molecule has 30 heavy (non-hydrogen) atoms. The fourth-order valence-corrected chi connectivity index (χ4v) is 3.51. The van der Waals surface area contributed by atoms with Crippen LogP contribution in [-0.4, -0.2) is 115 Å². The zero-order chi connectivity index (χ0) is 22.3. The molecule has 1 aromatic carbocycles. The first-order valence-electron chi connectivity index (χ1n) is 9.08. The number of ether oxygens (including phenoxy) is 3. The van der Waals surface area contributed by atoms with Crippen molar-refractivity contribution in [3.63, 3.8) is 0 Å². The Bertz CT molecular complexity index is 754. The lowest BCUT2D eigenvalue weighted by Gasteiger charge is -2.50. The number of hydrogen-bond donors (Lipinski definition) is 8. The summed E-state index contributed by atoms with van der Waals surface area (Å²) in [5.74, 6) is -3.96. The van der Waals surface area contributed by atoms with Crippen molar-refractivity contribution >= 4 is 5.97 Å². The molecule has 12 heteroatoms. The Balaban J connectivity index is 2.02. The van der Waals surface area contributed by atoms with Crippen molar-refractivity contribution < 1.29 is 59.9 Å². The smallest absolute Gasteiger partial charge is 0.340 e. The second-order valence-electron chi connectivity index (χ2n) is 7.36. The first-order valence-corrected chi connectivity index (χ1v) is 9.08. The minimum absolute atomic E-state index is 0.117. The molecule has 2 saturated heterocycles. The molecule has 3 unspecified atom stereocenters. The van der Waals surface area contributed by atoms with Crippen molar-refractivity contribution in [2.45, 2.75) is 48.0 Å². The van der Waals surface area contributed by atoms with Crippen LogP contribution < -0.4 is 0 Å². The molecule has 12 nitrogen and oxygen atoms in total. The van der Waals surface area contributed by atoms with Gasteiger partial charge in [-0.3, -0.25) is 0 Å². The second-order valence-corrected chi connectivity index (χ2v) is 7.36. The summed E-state index contributed by atoms with van der Waals surface area (Å²) in [5.41, 5.74) is -2.31. The van der Waals surface area contributed by atoms with E-state index < -0.39 is 73.8 Å². The molecule has 0 bridgehead atoms. The molecule has 2 aliphatic heterocycles. The number of esters is 1. The number of aromatic hydroxyl groups is 1. The summed E-state index contributed by atoms with van der Waals surface area (Å²) < 4.78 is 16.0. The lowest BCUT2D eigenvalue weighted by Crippen LogP contribution is -2.72. The first kappa shape index (κ1) is 22.8. The zero-order valence-electron chi connectivity index (χ0n) is 15.6. The van der Waals surface area contributed by atoms with E-state index in [2.05, 4.69) is 0 Å². The minimum atomic E-state index is -2.68. The van der Waals surface area contributed by atoms with Gasteiger partial charge in [-0.15, -0.1) is 0 Å². The molecule has 0 saturated carbocycles. The molecule has 1 aromatic rings. The highest BCUT2D eigenvalue weighted by Gasteiger charge is 2.67. The molecule has 168 valence electrons. The lowest BCUT2D eigenvalue weighted by molar-refractivity contribution is -0.378. The molecule has 0 aromatic heterocycles. The number of rotatable bonds is 5. The summed E-state index contributed by atoms with van der Waals surface area (Å²) in [6, 6.07) is 4.74. The third kappa shape index (κ3) is 3.66. The van der Waals surface area contributed by atoms with Crippen molar-refractivity contribution in [2.75, 3.05) is 19.8 Å². The average molecular weight is 432 g/mol. The van der Waals surface area contributed by atoms with Crippen molar-refractivity contribution in [3.05, 3.63) is 29.8 Å². The normalized spacial score (nSPS) is 41.6. The second kappa shape index (κ2) is 8.34. The summed E-state index contributed by atoms with van der Waals surface area (Å²) in [7, 11) is 0. The SMILES string of the molecule is O=C(OC1(C2OCC(O)(CO)[C@H]2O)O[C@H](CO)[C@@H](O)[C@H](O)[C@H]1O)c1ccc(O)cc1. The van der Waals surface area contributed by atoms with E-state index in [0.29, 0.717) is 0 Å². The first-order chi connectivity index (χ1) is 14.1. The number of hydrogen-bond acceptors (Lipinski definition) is 12. The zero-order valence-corrected chi connectivity index (χ0v) is 15.6. The van der Waals surface area contributed by atoms with E-state index in [1.165, 1.54) is 24.3 Å². The van der Waals surface area contributed by atoms with Gasteiger partial charge in [0.25, 0.3) is 5.79 Å². The van der Waals surface area contributed by atoms with Crippen LogP contribution in [0.2, 0.25) is 0 Å². The van der Waals surface area contributed by atoms with Gasteiger partial charge in [0.05, 0.1) is 25.4 Å². The van der Waals surface area contributed by atoms with E-state index in [0.717, 1.165) is 0 Å². The van der Waals surface area contributed by atoms with Gasteiger partial charge in [-0.05, 0) is 24.3 Å². The average Bonchev–Trinajstić information content (AvgIpc) is 3.04. The molecule has 2 aliphatic rings. The molecule has 8 atom stereocenters. The Morgan fingerprint density at radius 3 is 2.23 bits per heavy atom. The topological polar surface area (TPSA) is 207 Å². The highest BCUT2D eigenvalue weighted by atomic mass is 16.8. The summed E-state index contributed by atoms with van der Waals surface area (Å²) in [4.78, 5) is 12.7. The molecule has 2 fully saturated rings. The van der Waals surface area contributed by atoms with Gasteiger partial charge in [0.2, 0.25) is 0 Å². The van der Waals surface area contributed by atoms with Crippen LogP contribution in [0.15, 0.2) is 24.3 Å². The van der Waals surface area contributed by atoms with Gasteiger partial charge in [0, 0.05) is 0 Å². The summed E-state index contributed by atoms with van der Waals surface area (Å²) in [6.45, 7) is -2.44. The van der Waals surface area contributed by atoms with Gasteiger partial charge in [-0.25, -0.2) is 4.79 Å². The predicted molar refractivity (Wildman–Crippen MR) is 94.0 cm³/mol. The van der Waals surface area contributed by atoms with Crippen LogP contribution in [-0.2, 0) is 14.2 Å². The van der Waals surface area contributed by atoms with Crippen molar-refractivity contribution in [1.29, 1.82) is 0 Å². The fraction of sp³-hybridized carbons (Fsp3) is 0.611. The number of carbonyl (C=O) groups excluding carboxylic acids is 1. The monoisotopic (exact) mass is 432 g/mol. The van der Waals surface area contributed by atoms with E-state index in [-0.39, 0.29) is 11.3 Å². The molecule has 0 spiro atoms. The third-order valence-corrected chi connectivity index (χ3v) is 5.36. The number of phenols is 1. The Labute approximate surface area is 170 Å².